The zero-order valence-electron chi connectivity index (χ0n) is 14.6. The Morgan fingerprint density at radius 2 is 1.81 bits per heavy atom. The second-order valence-electron chi connectivity index (χ2n) is 6.39. The van der Waals surface area contributed by atoms with Crippen molar-refractivity contribution in [2.45, 2.75) is 12.5 Å². The fourth-order valence-corrected chi connectivity index (χ4v) is 5.12. The molecule has 0 radical (unpaired) electrons. The molecule has 27 heavy (non-hydrogen) atoms. The van der Waals surface area contributed by atoms with E-state index >= 15 is 0 Å². The minimum atomic E-state index is -0.195. The molecule has 1 atom stereocenters. The van der Waals surface area contributed by atoms with Crippen LogP contribution in [-0.4, -0.2) is 24.5 Å². The van der Waals surface area contributed by atoms with E-state index in [0.29, 0.717) is 22.2 Å². The summed E-state index contributed by atoms with van der Waals surface area (Å²) in [7, 11) is 1.61. The minimum Gasteiger partial charge on any atom is -0.497 e. The Hall–Kier alpha value is -2.01. The van der Waals surface area contributed by atoms with E-state index in [4.69, 9.17) is 27.9 Å². The molecule has 3 nitrogen and oxygen atoms in total. The van der Waals surface area contributed by atoms with E-state index in [1.807, 2.05) is 17.0 Å². The Kier molecular flexibility index (Phi) is 5.13. The standard InChI is InChI=1S/C21H17Cl2NO2S/c1-26-18-4-2-14(3-5-18)21(25)24-8-6-13-7-9-27-20(13)19(24)15-10-16(22)12-17(23)11-15/h2-5,7,9-12,19H,6,8H2,1H3. The van der Waals surface area contributed by atoms with Crippen molar-refractivity contribution in [1.29, 1.82) is 0 Å². The number of benzene rings is 2. The Bertz CT molecular complexity index is 964. The molecule has 1 aliphatic rings. The van der Waals surface area contributed by atoms with E-state index in [1.165, 1.54) is 10.4 Å². The molecule has 2 aromatic carbocycles. The summed E-state index contributed by atoms with van der Waals surface area (Å²) in [5.41, 5.74) is 2.84. The van der Waals surface area contributed by atoms with Crippen molar-refractivity contribution in [3.05, 3.63) is 85.5 Å². The van der Waals surface area contributed by atoms with Crippen molar-refractivity contribution < 1.29 is 9.53 Å². The number of ether oxygens (including phenoxy) is 1. The van der Waals surface area contributed by atoms with Gasteiger partial charge in [0.25, 0.3) is 5.91 Å². The van der Waals surface area contributed by atoms with Crippen LogP contribution in [0.15, 0.2) is 53.9 Å². The van der Waals surface area contributed by atoms with Gasteiger partial charge in [0.1, 0.15) is 5.75 Å². The molecule has 0 saturated carbocycles. The van der Waals surface area contributed by atoms with E-state index in [2.05, 4.69) is 11.4 Å². The first-order valence-electron chi connectivity index (χ1n) is 8.54. The third-order valence-corrected chi connectivity index (χ3v) is 6.21. The highest BCUT2D eigenvalue weighted by atomic mass is 35.5. The summed E-state index contributed by atoms with van der Waals surface area (Å²) in [6.45, 7) is 0.642. The number of nitrogens with zero attached hydrogens (tertiary/aromatic N) is 1. The first kappa shape index (κ1) is 18.4. The summed E-state index contributed by atoms with van der Waals surface area (Å²) in [5, 5.41) is 3.21. The monoisotopic (exact) mass is 417 g/mol. The van der Waals surface area contributed by atoms with E-state index in [1.54, 1.807) is 48.8 Å². The highest BCUT2D eigenvalue weighted by molar-refractivity contribution is 7.10. The average molecular weight is 418 g/mol. The first-order chi connectivity index (χ1) is 13.1. The smallest absolute Gasteiger partial charge is 0.254 e. The number of hydrogen-bond acceptors (Lipinski definition) is 3. The Morgan fingerprint density at radius 3 is 2.48 bits per heavy atom. The maximum absolute atomic E-state index is 13.3. The largest absolute Gasteiger partial charge is 0.497 e. The van der Waals surface area contributed by atoms with Gasteiger partial charge in [-0.2, -0.15) is 0 Å². The van der Waals surface area contributed by atoms with Gasteiger partial charge in [-0.25, -0.2) is 0 Å². The van der Waals surface area contributed by atoms with Gasteiger partial charge in [0.2, 0.25) is 0 Å². The van der Waals surface area contributed by atoms with Crippen LogP contribution in [0.2, 0.25) is 10.0 Å². The van der Waals surface area contributed by atoms with E-state index in [9.17, 15) is 4.79 Å². The second kappa shape index (κ2) is 7.55. The van der Waals surface area contributed by atoms with Crippen LogP contribution in [0.1, 0.15) is 32.4 Å². The molecule has 0 spiro atoms. The molecular weight excluding hydrogens is 401 g/mol. The topological polar surface area (TPSA) is 29.5 Å². The maximum atomic E-state index is 13.3. The number of carbonyl (C=O) groups excluding carboxylic acids is 1. The molecule has 4 rings (SSSR count). The van der Waals surface area contributed by atoms with Gasteiger partial charge < -0.3 is 9.64 Å². The molecule has 6 heteroatoms. The van der Waals surface area contributed by atoms with Gasteiger partial charge in [-0.05, 0) is 71.5 Å². The third-order valence-electron chi connectivity index (χ3n) is 4.76. The molecule has 0 fully saturated rings. The minimum absolute atomic E-state index is 0.0159. The number of fused-ring (bicyclic) bond motifs is 1. The molecule has 0 N–H and O–H groups in total. The highest BCUT2D eigenvalue weighted by Crippen LogP contribution is 2.40. The van der Waals surface area contributed by atoms with Gasteiger partial charge in [0.15, 0.2) is 0 Å². The number of amides is 1. The SMILES string of the molecule is COc1ccc(C(=O)N2CCc3ccsc3C2c2cc(Cl)cc(Cl)c2)cc1. The Morgan fingerprint density at radius 1 is 1.11 bits per heavy atom. The number of rotatable bonds is 3. The van der Waals surface area contributed by atoms with Crippen molar-refractivity contribution in [2.75, 3.05) is 13.7 Å². The average Bonchev–Trinajstić information content (AvgIpc) is 3.14. The number of methoxy groups -OCH3 is 1. The van der Waals surface area contributed by atoms with E-state index in [0.717, 1.165) is 17.7 Å². The summed E-state index contributed by atoms with van der Waals surface area (Å²) >= 11 is 14.2. The van der Waals surface area contributed by atoms with Crippen molar-refractivity contribution in [1.82, 2.24) is 4.90 Å². The fraction of sp³-hybridized carbons (Fsp3) is 0.190. The van der Waals surface area contributed by atoms with Crippen LogP contribution in [0.3, 0.4) is 0 Å². The lowest BCUT2D eigenvalue weighted by atomic mass is 9.94. The molecule has 1 amide bonds. The molecular formula is C21H17Cl2NO2S. The fourth-order valence-electron chi connectivity index (χ4n) is 3.49. The molecule has 1 aromatic heterocycles. The summed E-state index contributed by atoms with van der Waals surface area (Å²) in [6.07, 6.45) is 0.839. The molecule has 0 saturated heterocycles. The van der Waals surface area contributed by atoms with Crippen LogP contribution in [0.4, 0.5) is 0 Å². The molecule has 2 heterocycles. The van der Waals surface area contributed by atoms with Crippen molar-refractivity contribution >= 4 is 40.4 Å². The summed E-state index contributed by atoms with van der Waals surface area (Å²) in [6, 6.07) is 14.6. The van der Waals surface area contributed by atoms with Gasteiger partial charge in [0, 0.05) is 27.0 Å². The normalized spacial score (nSPS) is 16.1. The predicted molar refractivity (Wildman–Crippen MR) is 110 cm³/mol. The first-order valence-corrected chi connectivity index (χ1v) is 10.2. The molecule has 1 unspecified atom stereocenters. The lowest BCUT2D eigenvalue weighted by Crippen LogP contribution is -2.40. The number of halogens is 2. The van der Waals surface area contributed by atoms with Crippen molar-refractivity contribution in [3.63, 3.8) is 0 Å². The van der Waals surface area contributed by atoms with Gasteiger partial charge in [-0.1, -0.05) is 23.2 Å². The van der Waals surface area contributed by atoms with Crippen LogP contribution in [0, 0.1) is 0 Å². The van der Waals surface area contributed by atoms with Gasteiger partial charge in [-0.3, -0.25) is 4.79 Å². The second-order valence-corrected chi connectivity index (χ2v) is 8.21. The number of hydrogen-bond donors (Lipinski definition) is 0. The lowest BCUT2D eigenvalue weighted by molar-refractivity contribution is 0.0698. The predicted octanol–water partition coefficient (Wildman–Crippen LogP) is 5.85. The molecule has 0 bridgehead atoms. The molecule has 3 aromatic rings. The zero-order chi connectivity index (χ0) is 19.0. The van der Waals surface area contributed by atoms with Gasteiger partial charge >= 0.3 is 0 Å². The maximum Gasteiger partial charge on any atom is 0.254 e. The zero-order valence-corrected chi connectivity index (χ0v) is 16.9. The van der Waals surface area contributed by atoms with Crippen LogP contribution in [0.25, 0.3) is 0 Å². The summed E-state index contributed by atoms with van der Waals surface area (Å²) in [4.78, 5) is 16.4. The van der Waals surface area contributed by atoms with E-state index < -0.39 is 0 Å². The van der Waals surface area contributed by atoms with Crippen LogP contribution in [0.5, 0.6) is 5.75 Å². The Balaban J connectivity index is 1.77. The Labute approximate surface area is 172 Å². The molecule has 0 aliphatic carbocycles. The van der Waals surface area contributed by atoms with Crippen LogP contribution < -0.4 is 4.74 Å². The van der Waals surface area contributed by atoms with E-state index in [-0.39, 0.29) is 11.9 Å². The van der Waals surface area contributed by atoms with Crippen LogP contribution >= 0.6 is 34.5 Å². The summed E-state index contributed by atoms with van der Waals surface area (Å²) in [5.74, 6) is 0.710. The highest BCUT2D eigenvalue weighted by Gasteiger charge is 2.33. The third kappa shape index (κ3) is 3.57. The molecule has 1 aliphatic heterocycles. The quantitative estimate of drug-likeness (QED) is 0.534. The van der Waals surface area contributed by atoms with Crippen molar-refractivity contribution in [2.24, 2.45) is 0 Å². The van der Waals surface area contributed by atoms with Gasteiger partial charge in [-0.15, -0.1) is 11.3 Å². The summed E-state index contributed by atoms with van der Waals surface area (Å²) < 4.78 is 5.19. The molecule has 138 valence electrons. The number of thiophene rings is 1. The van der Waals surface area contributed by atoms with Crippen molar-refractivity contribution in [3.8, 4) is 5.75 Å². The lowest BCUT2D eigenvalue weighted by Gasteiger charge is -2.36. The van der Waals surface area contributed by atoms with Crippen LogP contribution in [-0.2, 0) is 6.42 Å². The number of carbonyl (C=O) groups is 1. The van der Waals surface area contributed by atoms with Gasteiger partial charge in [0.05, 0.1) is 13.2 Å².